The van der Waals surface area contributed by atoms with Crippen LogP contribution in [0, 0.1) is 5.92 Å². The van der Waals surface area contributed by atoms with Crippen molar-refractivity contribution < 1.29 is 8.42 Å². The molecule has 0 aliphatic carbocycles. The number of nitrogens with zero attached hydrogens (tertiary/aromatic N) is 1. The van der Waals surface area contributed by atoms with Gasteiger partial charge in [0.1, 0.15) is 0 Å². The number of nitrogens with two attached hydrogens (primary N) is 1. The first kappa shape index (κ1) is 10.9. The van der Waals surface area contributed by atoms with E-state index in [9.17, 15) is 8.42 Å². The molecule has 13 heavy (non-hydrogen) atoms. The van der Waals surface area contributed by atoms with Crippen molar-refractivity contribution in [2.75, 3.05) is 19.6 Å². The summed E-state index contributed by atoms with van der Waals surface area (Å²) in [5.74, 6) is 0.228. The largest absolute Gasteiger partial charge is 0.330 e. The molecule has 78 valence electrons. The molecule has 1 heterocycles. The van der Waals surface area contributed by atoms with Gasteiger partial charge in [-0.25, -0.2) is 4.72 Å². The Balaban J connectivity index is 2.76. The highest BCUT2D eigenvalue weighted by molar-refractivity contribution is 7.87. The Morgan fingerprint density at radius 3 is 2.69 bits per heavy atom. The molecule has 1 unspecified atom stereocenters. The lowest BCUT2D eigenvalue weighted by Crippen LogP contribution is -2.55. The van der Waals surface area contributed by atoms with Gasteiger partial charge in [-0.05, 0) is 26.3 Å². The van der Waals surface area contributed by atoms with Gasteiger partial charge in [0.2, 0.25) is 0 Å². The molecule has 6 heteroatoms. The van der Waals surface area contributed by atoms with E-state index >= 15 is 0 Å². The van der Waals surface area contributed by atoms with Crippen LogP contribution in [-0.4, -0.2) is 38.4 Å². The van der Waals surface area contributed by atoms with Crippen molar-refractivity contribution in [1.82, 2.24) is 9.03 Å². The smallest absolute Gasteiger partial charge is 0.279 e. The third kappa shape index (κ3) is 2.40. The Kier molecular flexibility index (Phi) is 3.28. The van der Waals surface area contributed by atoms with E-state index in [1.165, 1.54) is 4.31 Å². The molecule has 0 aromatic carbocycles. The summed E-state index contributed by atoms with van der Waals surface area (Å²) in [5.41, 5.74) is 5.49. The molecule has 1 rings (SSSR count). The van der Waals surface area contributed by atoms with Crippen LogP contribution in [0.3, 0.4) is 0 Å². The Morgan fingerprint density at radius 1 is 1.62 bits per heavy atom. The van der Waals surface area contributed by atoms with E-state index in [2.05, 4.69) is 4.72 Å². The van der Waals surface area contributed by atoms with Gasteiger partial charge in [-0.1, -0.05) is 0 Å². The molecule has 0 aromatic heterocycles. The normalized spacial score (nSPS) is 29.4. The van der Waals surface area contributed by atoms with Crippen molar-refractivity contribution in [3.63, 3.8) is 0 Å². The molecule has 1 saturated heterocycles. The van der Waals surface area contributed by atoms with Crippen molar-refractivity contribution >= 4 is 10.2 Å². The summed E-state index contributed by atoms with van der Waals surface area (Å²) in [7, 11) is -3.24. The molecule has 0 radical (unpaired) electrons. The lowest BCUT2D eigenvalue weighted by atomic mass is 10.1. The minimum absolute atomic E-state index is 0.00755. The van der Waals surface area contributed by atoms with Crippen LogP contribution in [-0.2, 0) is 10.2 Å². The third-order valence-corrected chi connectivity index (χ3v) is 3.93. The van der Waals surface area contributed by atoms with E-state index in [1.807, 2.05) is 13.8 Å². The maximum atomic E-state index is 11.5. The quantitative estimate of drug-likeness (QED) is 0.617. The van der Waals surface area contributed by atoms with Crippen molar-refractivity contribution in [2.24, 2.45) is 11.7 Å². The van der Waals surface area contributed by atoms with E-state index in [0.29, 0.717) is 19.6 Å². The molecule has 0 bridgehead atoms. The fraction of sp³-hybridized carbons (Fsp3) is 1.00. The van der Waals surface area contributed by atoms with Crippen LogP contribution in [0.25, 0.3) is 0 Å². The standard InChI is InChI=1S/C7H17N3O2S/c1-6(2)10-5-7(3-8)4-9-13(10,11)12/h6-7,9H,3-5,8H2,1-2H3. The van der Waals surface area contributed by atoms with Crippen molar-refractivity contribution in [2.45, 2.75) is 19.9 Å². The molecule has 0 aromatic rings. The van der Waals surface area contributed by atoms with Crippen LogP contribution in [0.4, 0.5) is 0 Å². The minimum atomic E-state index is -3.24. The molecule has 3 N–H and O–H groups in total. The van der Waals surface area contributed by atoms with Gasteiger partial charge in [0.15, 0.2) is 0 Å². The molecule has 1 aliphatic heterocycles. The second kappa shape index (κ2) is 3.91. The van der Waals surface area contributed by atoms with Crippen LogP contribution in [0.5, 0.6) is 0 Å². The zero-order valence-electron chi connectivity index (χ0n) is 8.03. The molecular weight excluding hydrogens is 190 g/mol. The van der Waals surface area contributed by atoms with Gasteiger partial charge in [-0.15, -0.1) is 0 Å². The highest BCUT2D eigenvalue weighted by atomic mass is 32.2. The monoisotopic (exact) mass is 207 g/mol. The maximum Gasteiger partial charge on any atom is 0.279 e. The van der Waals surface area contributed by atoms with Crippen molar-refractivity contribution in [3.8, 4) is 0 Å². The molecule has 0 saturated carbocycles. The van der Waals surface area contributed by atoms with Crippen LogP contribution < -0.4 is 10.5 Å². The van der Waals surface area contributed by atoms with Gasteiger partial charge in [-0.3, -0.25) is 0 Å². The van der Waals surface area contributed by atoms with E-state index in [0.717, 1.165) is 0 Å². The summed E-state index contributed by atoms with van der Waals surface area (Å²) in [4.78, 5) is 0. The van der Waals surface area contributed by atoms with Gasteiger partial charge in [0.25, 0.3) is 10.2 Å². The Bertz CT molecular complexity index is 263. The summed E-state index contributed by atoms with van der Waals surface area (Å²) in [5, 5.41) is 0. The van der Waals surface area contributed by atoms with Gasteiger partial charge in [-0.2, -0.15) is 12.7 Å². The summed E-state index contributed by atoms with van der Waals surface area (Å²) < 4.78 is 26.9. The summed E-state index contributed by atoms with van der Waals surface area (Å²) >= 11 is 0. The first-order valence-electron chi connectivity index (χ1n) is 4.44. The lowest BCUT2D eigenvalue weighted by molar-refractivity contribution is 0.274. The van der Waals surface area contributed by atoms with Gasteiger partial charge < -0.3 is 5.73 Å². The van der Waals surface area contributed by atoms with Crippen LogP contribution in [0.1, 0.15) is 13.8 Å². The zero-order chi connectivity index (χ0) is 10.1. The molecule has 5 nitrogen and oxygen atoms in total. The number of rotatable bonds is 2. The average Bonchev–Trinajstić information content (AvgIpc) is 2.03. The van der Waals surface area contributed by atoms with E-state index in [-0.39, 0.29) is 12.0 Å². The highest BCUT2D eigenvalue weighted by Crippen LogP contribution is 2.13. The van der Waals surface area contributed by atoms with Crippen LogP contribution in [0.15, 0.2) is 0 Å². The van der Waals surface area contributed by atoms with E-state index < -0.39 is 10.2 Å². The van der Waals surface area contributed by atoms with Gasteiger partial charge in [0.05, 0.1) is 0 Å². The first-order valence-corrected chi connectivity index (χ1v) is 5.88. The minimum Gasteiger partial charge on any atom is -0.330 e. The topological polar surface area (TPSA) is 75.4 Å². The zero-order valence-corrected chi connectivity index (χ0v) is 8.84. The van der Waals surface area contributed by atoms with Crippen LogP contribution in [0.2, 0.25) is 0 Å². The summed E-state index contributed by atoms with van der Waals surface area (Å²) in [6.07, 6.45) is 0. The van der Waals surface area contributed by atoms with Gasteiger partial charge >= 0.3 is 0 Å². The molecule has 1 atom stereocenters. The highest BCUT2D eigenvalue weighted by Gasteiger charge is 2.31. The molecule has 1 fully saturated rings. The SMILES string of the molecule is CC(C)N1CC(CN)CNS1(=O)=O. The van der Waals surface area contributed by atoms with Crippen molar-refractivity contribution in [1.29, 1.82) is 0 Å². The number of hydrogen-bond donors (Lipinski definition) is 2. The van der Waals surface area contributed by atoms with E-state index in [1.54, 1.807) is 0 Å². The first-order chi connectivity index (χ1) is 5.97. The Labute approximate surface area is 79.5 Å². The summed E-state index contributed by atoms with van der Waals surface area (Å²) in [6.45, 7) is 5.23. The third-order valence-electron chi connectivity index (χ3n) is 2.21. The Hall–Kier alpha value is -0.170. The molecule has 0 spiro atoms. The molecular formula is C7H17N3O2S. The molecule has 0 amide bonds. The molecule has 1 aliphatic rings. The maximum absolute atomic E-state index is 11.5. The number of nitrogens with one attached hydrogen (secondary N) is 1. The second-order valence-corrected chi connectivity index (χ2v) is 5.33. The summed E-state index contributed by atoms with van der Waals surface area (Å²) in [6, 6.07) is -0.00755. The van der Waals surface area contributed by atoms with E-state index in [4.69, 9.17) is 5.73 Å². The lowest BCUT2D eigenvalue weighted by Gasteiger charge is -2.34. The number of hydrogen-bond acceptors (Lipinski definition) is 3. The second-order valence-electron chi connectivity index (χ2n) is 3.62. The fourth-order valence-corrected chi connectivity index (χ4v) is 2.94. The van der Waals surface area contributed by atoms with Gasteiger partial charge in [0, 0.05) is 19.1 Å². The predicted octanol–water partition coefficient (Wildman–Crippen LogP) is -0.880. The van der Waals surface area contributed by atoms with Crippen LogP contribution >= 0.6 is 0 Å². The van der Waals surface area contributed by atoms with Crippen molar-refractivity contribution in [3.05, 3.63) is 0 Å². The Morgan fingerprint density at radius 2 is 2.23 bits per heavy atom. The predicted molar refractivity (Wildman–Crippen MR) is 51.3 cm³/mol. The average molecular weight is 207 g/mol. The fourth-order valence-electron chi connectivity index (χ4n) is 1.37.